The third-order valence-corrected chi connectivity index (χ3v) is 15.1. The molecular weight excluding hydrogens is 1100 g/mol. The number of imidazole rings is 1. The molecule has 0 bridgehead atoms. The van der Waals surface area contributed by atoms with Gasteiger partial charge in [0.2, 0.25) is 0 Å². The number of hydrogen-bond acceptors (Lipinski definition) is 4. The summed E-state index contributed by atoms with van der Waals surface area (Å²) in [7, 11) is 0. The molecule has 75 heavy (non-hydrogen) atoms. The van der Waals surface area contributed by atoms with E-state index in [1.165, 1.54) is 5.56 Å². The third-order valence-electron chi connectivity index (χ3n) is 14.1. The number of fused-ring (bicyclic) bond motifs is 4. The molecule has 0 atom stereocenters. The summed E-state index contributed by atoms with van der Waals surface area (Å²) in [5.74, 6) is 1.79. The molecule has 0 spiro atoms. The zero-order chi connectivity index (χ0) is 56.7. The number of para-hydroxylation sites is 3. The van der Waals surface area contributed by atoms with Crippen molar-refractivity contribution < 1.29 is 30.9 Å². The van der Waals surface area contributed by atoms with Gasteiger partial charge in [0, 0.05) is 11.8 Å². The molecule has 10 aromatic rings. The number of rotatable bonds is 10. The van der Waals surface area contributed by atoms with Crippen LogP contribution in [-0.2, 0) is 35.6 Å². The second-order valence-electron chi connectivity index (χ2n) is 22.5. The predicted octanol–water partition coefficient (Wildman–Crippen LogP) is 16.9. The molecule has 1 aliphatic rings. The quantitative estimate of drug-likeness (QED) is 0.101. The van der Waals surface area contributed by atoms with Gasteiger partial charge >= 0.3 is 359 Å². The summed E-state index contributed by atoms with van der Waals surface area (Å²) in [4.78, 5) is 7.29. The van der Waals surface area contributed by atoms with Gasteiger partial charge in [0.25, 0.3) is 0 Å². The molecule has 7 aromatic carbocycles. The van der Waals surface area contributed by atoms with Crippen LogP contribution >= 0.6 is 0 Å². The maximum atomic E-state index is 9.32. The van der Waals surface area contributed by atoms with Crippen LogP contribution in [0.1, 0.15) is 99.2 Å². The monoisotopic (exact) mass is 1170 g/mol. The van der Waals surface area contributed by atoms with Crippen LogP contribution in [0.4, 0.5) is 11.5 Å². The normalized spacial score (nSPS) is 13.7. The van der Waals surface area contributed by atoms with Gasteiger partial charge in [0.05, 0.1) is 5.69 Å². The number of anilines is 2. The van der Waals surface area contributed by atoms with Crippen molar-refractivity contribution in [3.63, 3.8) is 0 Å². The Morgan fingerprint density at radius 3 is 1.92 bits per heavy atom. The van der Waals surface area contributed by atoms with Gasteiger partial charge in [0.1, 0.15) is 0 Å². The van der Waals surface area contributed by atoms with E-state index < -0.39 is 18.1 Å². The molecule has 0 radical (unpaired) electrons. The van der Waals surface area contributed by atoms with E-state index in [2.05, 4.69) is 192 Å². The van der Waals surface area contributed by atoms with Gasteiger partial charge in [-0.25, -0.2) is 0 Å². The minimum atomic E-state index is -0.440. The number of nitrogens with zero attached hydrogens (tertiary/aromatic N) is 6. The molecule has 0 aliphatic carbocycles. The molecule has 378 valence electrons. The number of ether oxygens (including phenoxy) is 1. The molecule has 0 unspecified atom stereocenters. The summed E-state index contributed by atoms with van der Waals surface area (Å²) < 4.78 is 58.9. The first kappa shape index (κ1) is 44.1. The van der Waals surface area contributed by atoms with Crippen LogP contribution in [0.3, 0.4) is 0 Å². The SMILES string of the molecule is [2H]c1c([2H])c([2H])c(-c2cccc(-c3cc(C(C)(C)C)cc(C(C)(C)C)c3)c2-n2[c](=[Pt])n(-c3[c-]c(Oc4[c-]c5c(cc4)-c4cc(-c6ccccc6)nn4B(CCC)N5c4cc(C(C)(C)C)ccn4)ccc3)c3ccccc32)c([2H])c1[2H]. The van der Waals surface area contributed by atoms with Gasteiger partial charge in [-0.2, -0.15) is 5.10 Å². The molecule has 0 N–H and O–H groups in total. The molecule has 9 heteroatoms. The van der Waals surface area contributed by atoms with E-state index in [9.17, 15) is 2.74 Å². The van der Waals surface area contributed by atoms with E-state index in [-0.39, 0.29) is 40.9 Å². The molecule has 0 amide bonds. The van der Waals surface area contributed by atoms with Crippen LogP contribution in [0.25, 0.3) is 67.2 Å². The van der Waals surface area contributed by atoms with Gasteiger partial charge in [-0.05, 0) is 17.0 Å². The Bertz CT molecular complexity index is 4070. The van der Waals surface area contributed by atoms with Crippen LogP contribution < -0.4 is 9.55 Å². The Labute approximate surface area is 461 Å². The number of benzene rings is 7. The first-order valence-electron chi connectivity index (χ1n) is 28.3. The standard InChI is InChI=1S/C66H63BN6O.Pt/c1-11-35-67-72(62-40-48(34-36-68-62)64(2,3)4)60-42-53(32-33-56(60)61-43-57(69-73(61)67)46-24-16-13-17-25-46)74-52-27-20-26-51(41-52)70-44-71(59-31-19-18-30-58(59)70)63-54(45-22-14-12-15-23-45)28-21-29-55(63)47-37-49(65(5,6)7)39-50(38-47)66(8,9)10;/h12-34,36-40,43H,11,35H2,1-10H3;/q-2;/i12D,14D,15D,22D,23D;. The van der Waals surface area contributed by atoms with Crippen LogP contribution in [0.2, 0.25) is 6.32 Å². The molecule has 11 rings (SSSR count). The van der Waals surface area contributed by atoms with E-state index in [1.807, 2.05) is 72.9 Å². The van der Waals surface area contributed by atoms with Crippen LogP contribution in [0.5, 0.6) is 11.5 Å². The van der Waals surface area contributed by atoms with Crippen molar-refractivity contribution in [2.24, 2.45) is 0 Å². The average molecular weight is 1170 g/mol. The summed E-state index contributed by atoms with van der Waals surface area (Å²) >= 11 is 2.35. The molecule has 3 aromatic heterocycles. The van der Waals surface area contributed by atoms with E-state index in [4.69, 9.17) is 18.9 Å². The Morgan fingerprint density at radius 1 is 0.600 bits per heavy atom. The fourth-order valence-electron chi connectivity index (χ4n) is 10.1. The van der Waals surface area contributed by atoms with Crippen LogP contribution in [0, 0.1) is 15.9 Å². The molecule has 4 heterocycles. The Kier molecular flexibility index (Phi) is 11.4. The number of aromatic nitrogens is 5. The van der Waals surface area contributed by atoms with E-state index in [0.29, 0.717) is 28.4 Å². The summed E-state index contributed by atoms with van der Waals surface area (Å²) in [5.41, 5.74) is 13.2. The van der Waals surface area contributed by atoms with Crippen molar-refractivity contribution in [2.45, 2.75) is 98.2 Å². The fraction of sp³-hybridized carbons (Fsp3) is 0.227. The minimum absolute atomic E-state index is 0.115. The molecule has 0 fully saturated rings. The Morgan fingerprint density at radius 2 is 1.24 bits per heavy atom. The number of pyridine rings is 1. The van der Waals surface area contributed by atoms with Crippen LogP contribution in [-0.4, -0.2) is 30.8 Å². The van der Waals surface area contributed by atoms with Crippen molar-refractivity contribution >= 4 is 29.5 Å². The summed E-state index contributed by atoms with van der Waals surface area (Å²) in [6, 6.07) is 53.0. The Balaban J connectivity index is 1.08. The molecule has 1 aliphatic heterocycles. The van der Waals surface area contributed by atoms with Crippen molar-refractivity contribution in [1.29, 1.82) is 0 Å². The van der Waals surface area contributed by atoms with Gasteiger partial charge < -0.3 is 0 Å². The molecule has 0 saturated carbocycles. The predicted molar refractivity (Wildman–Crippen MR) is 306 cm³/mol. The average Bonchev–Trinajstić information content (AvgIpc) is 4.02. The second-order valence-corrected chi connectivity index (χ2v) is 23.5. The van der Waals surface area contributed by atoms with Crippen molar-refractivity contribution in [1.82, 2.24) is 23.8 Å². The zero-order valence-electron chi connectivity index (χ0n) is 49.3. The fourth-order valence-corrected chi connectivity index (χ4v) is 11.2. The van der Waals surface area contributed by atoms with Crippen molar-refractivity contribution in [3.8, 4) is 67.6 Å². The van der Waals surface area contributed by atoms with Gasteiger partial charge in [-0.1, -0.05) is 64.4 Å². The summed E-state index contributed by atoms with van der Waals surface area (Å²) in [5, 5.41) is 5.28. The maximum absolute atomic E-state index is 9.32. The van der Waals surface area contributed by atoms with Gasteiger partial charge in [-0.15, -0.1) is 0 Å². The first-order valence-corrected chi connectivity index (χ1v) is 26.9. The Hall–Kier alpha value is -7.28. The van der Waals surface area contributed by atoms with Gasteiger partial charge in [-0.3, -0.25) is 0 Å². The zero-order valence-corrected chi connectivity index (χ0v) is 46.5. The van der Waals surface area contributed by atoms with E-state index >= 15 is 0 Å². The van der Waals surface area contributed by atoms with E-state index in [0.717, 1.165) is 83.9 Å². The first-order chi connectivity index (χ1) is 38.0. The van der Waals surface area contributed by atoms with Gasteiger partial charge in [0.15, 0.2) is 0 Å². The molecule has 0 saturated heterocycles. The molecular formula is C66H63BN6OPt-2. The summed E-state index contributed by atoms with van der Waals surface area (Å²) in [6.45, 7) is 21.9. The topological polar surface area (TPSA) is 53.0 Å². The van der Waals surface area contributed by atoms with E-state index in [1.54, 1.807) is 0 Å². The van der Waals surface area contributed by atoms with Crippen molar-refractivity contribution in [2.75, 3.05) is 4.81 Å². The van der Waals surface area contributed by atoms with Crippen LogP contribution in [0.15, 0.2) is 176 Å². The number of hydrogen-bond donors (Lipinski definition) is 0. The summed E-state index contributed by atoms with van der Waals surface area (Å²) in [6.07, 6.45) is 3.60. The third kappa shape index (κ3) is 9.48. The molecule has 7 nitrogen and oxygen atoms in total. The second kappa shape index (κ2) is 19.5. The van der Waals surface area contributed by atoms with Crippen molar-refractivity contribution in [3.05, 3.63) is 209 Å².